The predicted molar refractivity (Wildman–Crippen MR) is 135 cm³/mol. The number of nitrogens with zero attached hydrogens (tertiary/aromatic N) is 2. The van der Waals surface area contributed by atoms with Crippen molar-refractivity contribution < 1.29 is 0 Å². The van der Waals surface area contributed by atoms with Crippen molar-refractivity contribution in [2.24, 2.45) is 10.2 Å². The molecule has 2 nitrogen and oxygen atoms in total. The minimum atomic E-state index is 0.821. The van der Waals surface area contributed by atoms with Crippen LogP contribution in [0.4, 0.5) is 11.4 Å². The fraction of sp³-hybridized carbons (Fsp3) is 0.200. The van der Waals surface area contributed by atoms with Gasteiger partial charge in [-0.1, -0.05) is 74.9 Å². The molecule has 0 saturated heterocycles. The van der Waals surface area contributed by atoms with Gasteiger partial charge < -0.3 is 0 Å². The third-order valence-electron chi connectivity index (χ3n) is 5.42. The van der Waals surface area contributed by atoms with E-state index in [0.717, 1.165) is 41.8 Å². The second kappa shape index (κ2) is 10.6. The molecular formula is C30H28N2. The fourth-order valence-corrected chi connectivity index (χ4v) is 3.71. The molecule has 2 heteroatoms. The summed E-state index contributed by atoms with van der Waals surface area (Å²) in [5.74, 6) is 6.54. The second-order valence-corrected chi connectivity index (χ2v) is 8.06. The van der Waals surface area contributed by atoms with Gasteiger partial charge in [-0.3, -0.25) is 0 Å². The van der Waals surface area contributed by atoms with Crippen molar-refractivity contribution in [2.45, 2.75) is 39.5 Å². The van der Waals surface area contributed by atoms with Gasteiger partial charge in [0.2, 0.25) is 0 Å². The molecule has 32 heavy (non-hydrogen) atoms. The molecule has 0 aromatic heterocycles. The fourth-order valence-electron chi connectivity index (χ4n) is 3.71. The SMILES string of the molecule is CCCc1ccc(N=Nc2ccc(C#Cc3ccc4cc(CCC)ccc4c3)cc2)cc1. The van der Waals surface area contributed by atoms with Crippen molar-refractivity contribution in [1.29, 1.82) is 0 Å². The molecule has 0 saturated carbocycles. The smallest absolute Gasteiger partial charge is 0.0857 e. The highest BCUT2D eigenvalue weighted by Crippen LogP contribution is 2.21. The minimum absolute atomic E-state index is 0.821. The summed E-state index contributed by atoms with van der Waals surface area (Å²) in [6.45, 7) is 4.40. The van der Waals surface area contributed by atoms with Crippen LogP contribution in [0.3, 0.4) is 0 Å². The first-order chi connectivity index (χ1) is 15.7. The lowest BCUT2D eigenvalue weighted by atomic mass is 10.0. The number of hydrogen-bond acceptors (Lipinski definition) is 2. The molecule has 4 aromatic carbocycles. The van der Waals surface area contributed by atoms with Gasteiger partial charge in [0.15, 0.2) is 0 Å². The molecule has 0 aliphatic heterocycles. The Hall–Kier alpha value is -3.70. The highest BCUT2D eigenvalue weighted by Gasteiger charge is 1.98. The molecule has 4 aromatic rings. The Labute approximate surface area is 191 Å². The Balaban J connectivity index is 1.43. The summed E-state index contributed by atoms with van der Waals surface area (Å²) in [4.78, 5) is 0. The molecule has 0 unspecified atom stereocenters. The Morgan fingerprint density at radius 2 is 1.03 bits per heavy atom. The summed E-state index contributed by atoms with van der Waals surface area (Å²) >= 11 is 0. The lowest BCUT2D eigenvalue weighted by molar-refractivity contribution is 0.922. The maximum Gasteiger partial charge on any atom is 0.0857 e. The average Bonchev–Trinajstić information content (AvgIpc) is 2.83. The number of azo groups is 1. The van der Waals surface area contributed by atoms with Gasteiger partial charge in [0, 0.05) is 11.1 Å². The molecule has 0 amide bonds. The molecular weight excluding hydrogens is 388 g/mol. The van der Waals surface area contributed by atoms with E-state index < -0.39 is 0 Å². The van der Waals surface area contributed by atoms with E-state index in [-0.39, 0.29) is 0 Å². The van der Waals surface area contributed by atoms with Crippen LogP contribution >= 0.6 is 0 Å². The number of hydrogen-bond donors (Lipinski definition) is 0. The van der Waals surface area contributed by atoms with Crippen molar-refractivity contribution in [1.82, 2.24) is 0 Å². The summed E-state index contributed by atoms with van der Waals surface area (Å²) in [5.41, 5.74) is 6.41. The van der Waals surface area contributed by atoms with Crippen molar-refractivity contribution in [2.75, 3.05) is 0 Å². The van der Waals surface area contributed by atoms with Crippen molar-refractivity contribution >= 4 is 22.1 Å². The molecule has 158 valence electrons. The first-order valence-corrected chi connectivity index (χ1v) is 11.4. The van der Waals surface area contributed by atoms with E-state index in [4.69, 9.17) is 0 Å². The zero-order valence-corrected chi connectivity index (χ0v) is 18.8. The third-order valence-corrected chi connectivity index (χ3v) is 5.42. The summed E-state index contributed by atoms with van der Waals surface area (Å²) in [6, 6.07) is 29.3. The van der Waals surface area contributed by atoms with E-state index in [2.05, 4.69) is 84.4 Å². The van der Waals surface area contributed by atoms with Crippen LogP contribution in [0.5, 0.6) is 0 Å². The lowest BCUT2D eigenvalue weighted by Gasteiger charge is -2.03. The van der Waals surface area contributed by atoms with Crippen LogP contribution in [-0.4, -0.2) is 0 Å². The Morgan fingerprint density at radius 1 is 0.531 bits per heavy atom. The zero-order chi connectivity index (χ0) is 22.2. The molecule has 0 spiro atoms. The van der Waals surface area contributed by atoms with Crippen LogP contribution in [0, 0.1) is 11.8 Å². The molecule has 0 N–H and O–H groups in total. The van der Waals surface area contributed by atoms with Gasteiger partial charge in [0.25, 0.3) is 0 Å². The van der Waals surface area contributed by atoms with Gasteiger partial charge in [-0.2, -0.15) is 10.2 Å². The standard InChI is InChI=1S/C30H28N2/c1-3-5-23-11-17-29(18-12-23)31-32-30-19-13-24(14-20-30)7-8-26-10-16-27-21-25(6-4-2)9-15-28(27)22-26/h9-22H,3-6H2,1-2H3. The number of fused-ring (bicyclic) bond motifs is 1. The van der Waals surface area contributed by atoms with Crippen molar-refractivity contribution in [3.8, 4) is 11.8 Å². The largest absolute Gasteiger partial charge is 0.151 e. The Bertz CT molecular complexity index is 1270. The second-order valence-electron chi connectivity index (χ2n) is 8.06. The van der Waals surface area contributed by atoms with Crippen LogP contribution in [0.2, 0.25) is 0 Å². The molecule has 0 aliphatic rings. The first-order valence-electron chi connectivity index (χ1n) is 11.4. The maximum absolute atomic E-state index is 4.34. The first kappa shape index (κ1) is 21.5. The summed E-state index contributed by atoms with van der Waals surface area (Å²) < 4.78 is 0. The number of aryl methyl sites for hydroxylation is 2. The summed E-state index contributed by atoms with van der Waals surface area (Å²) in [7, 11) is 0. The molecule has 0 heterocycles. The van der Waals surface area contributed by atoms with Crippen LogP contribution < -0.4 is 0 Å². The Morgan fingerprint density at radius 3 is 1.72 bits per heavy atom. The minimum Gasteiger partial charge on any atom is -0.151 e. The van der Waals surface area contributed by atoms with Gasteiger partial charge >= 0.3 is 0 Å². The van der Waals surface area contributed by atoms with Crippen LogP contribution in [-0.2, 0) is 12.8 Å². The van der Waals surface area contributed by atoms with E-state index in [0.29, 0.717) is 0 Å². The van der Waals surface area contributed by atoms with Crippen molar-refractivity contribution in [3.63, 3.8) is 0 Å². The predicted octanol–water partition coefficient (Wildman–Crippen LogP) is 8.56. The van der Waals surface area contributed by atoms with Crippen LogP contribution in [0.1, 0.15) is 48.9 Å². The summed E-state index contributed by atoms with van der Waals surface area (Å²) in [6.07, 6.45) is 4.54. The quantitative estimate of drug-likeness (QED) is 0.222. The Kier molecular flexibility index (Phi) is 7.10. The maximum atomic E-state index is 4.34. The van der Waals surface area contributed by atoms with Gasteiger partial charge in [0.05, 0.1) is 11.4 Å². The van der Waals surface area contributed by atoms with Gasteiger partial charge in [-0.25, -0.2) is 0 Å². The molecule has 0 bridgehead atoms. The molecule has 0 radical (unpaired) electrons. The monoisotopic (exact) mass is 416 g/mol. The highest BCUT2D eigenvalue weighted by molar-refractivity contribution is 5.84. The lowest BCUT2D eigenvalue weighted by Crippen LogP contribution is -1.84. The molecule has 0 fully saturated rings. The van der Waals surface area contributed by atoms with Crippen LogP contribution in [0.25, 0.3) is 10.8 Å². The normalized spacial score (nSPS) is 10.9. The third kappa shape index (κ3) is 5.71. The van der Waals surface area contributed by atoms with E-state index in [9.17, 15) is 0 Å². The zero-order valence-electron chi connectivity index (χ0n) is 18.8. The number of benzene rings is 4. The van der Waals surface area contributed by atoms with Crippen LogP contribution in [0.15, 0.2) is 95.2 Å². The highest BCUT2D eigenvalue weighted by atomic mass is 15.1. The van der Waals surface area contributed by atoms with E-state index in [1.54, 1.807) is 0 Å². The van der Waals surface area contributed by atoms with Crippen molar-refractivity contribution in [3.05, 3.63) is 107 Å². The average molecular weight is 417 g/mol. The van der Waals surface area contributed by atoms with Gasteiger partial charge in [-0.15, -0.1) is 0 Å². The number of rotatable bonds is 6. The van der Waals surface area contributed by atoms with Gasteiger partial charge in [-0.05, 0) is 83.3 Å². The molecule has 4 rings (SSSR count). The summed E-state index contributed by atoms with van der Waals surface area (Å²) in [5, 5.41) is 11.2. The van der Waals surface area contributed by atoms with E-state index in [1.807, 2.05) is 36.4 Å². The molecule has 0 atom stereocenters. The van der Waals surface area contributed by atoms with Gasteiger partial charge in [0.1, 0.15) is 0 Å². The van der Waals surface area contributed by atoms with E-state index >= 15 is 0 Å². The molecule has 0 aliphatic carbocycles. The van der Waals surface area contributed by atoms with E-state index in [1.165, 1.54) is 28.3 Å². The topological polar surface area (TPSA) is 24.7 Å².